The SMILES string of the molecule is CCCC1CCCN(CC(=O)Cc2ccccc2)CC1. The molecule has 0 spiro atoms. The minimum atomic E-state index is 0.352. The molecule has 110 valence electrons. The van der Waals surface area contributed by atoms with Crippen LogP contribution in [0.1, 0.15) is 44.6 Å². The third kappa shape index (κ3) is 5.09. The molecule has 0 radical (unpaired) electrons. The van der Waals surface area contributed by atoms with Crippen LogP contribution in [-0.2, 0) is 11.2 Å². The number of carbonyl (C=O) groups is 1. The largest absolute Gasteiger partial charge is 0.298 e. The van der Waals surface area contributed by atoms with Gasteiger partial charge in [-0.1, -0.05) is 50.1 Å². The van der Waals surface area contributed by atoms with Gasteiger partial charge in [0.2, 0.25) is 0 Å². The first-order chi connectivity index (χ1) is 9.78. The Morgan fingerprint density at radius 3 is 2.75 bits per heavy atom. The van der Waals surface area contributed by atoms with Crippen LogP contribution in [0.15, 0.2) is 30.3 Å². The Morgan fingerprint density at radius 2 is 2.00 bits per heavy atom. The normalized spacial score (nSPS) is 20.6. The van der Waals surface area contributed by atoms with Gasteiger partial charge >= 0.3 is 0 Å². The van der Waals surface area contributed by atoms with Crippen molar-refractivity contribution < 1.29 is 4.79 Å². The Balaban J connectivity index is 1.77. The molecule has 2 rings (SSSR count). The zero-order valence-corrected chi connectivity index (χ0v) is 12.7. The first kappa shape index (κ1) is 15.2. The maximum Gasteiger partial charge on any atom is 0.151 e. The second-order valence-electron chi connectivity index (χ2n) is 6.06. The first-order valence-electron chi connectivity index (χ1n) is 8.06. The number of Topliss-reactive ketones (excluding diaryl/α,β-unsaturated/α-hetero) is 1. The van der Waals surface area contributed by atoms with Crippen LogP contribution in [0.25, 0.3) is 0 Å². The topological polar surface area (TPSA) is 20.3 Å². The molecule has 1 atom stereocenters. The van der Waals surface area contributed by atoms with Crippen LogP contribution >= 0.6 is 0 Å². The maximum atomic E-state index is 12.2. The van der Waals surface area contributed by atoms with Gasteiger partial charge in [-0.2, -0.15) is 0 Å². The molecule has 0 bridgehead atoms. The molecular weight excluding hydrogens is 246 g/mol. The molecule has 1 aromatic rings. The smallest absolute Gasteiger partial charge is 0.151 e. The van der Waals surface area contributed by atoms with E-state index < -0.39 is 0 Å². The fourth-order valence-electron chi connectivity index (χ4n) is 3.21. The van der Waals surface area contributed by atoms with Crippen molar-refractivity contribution in [1.82, 2.24) is 4.90 Å². The predicted molar refractivity (Wildman–Crippen MR) is 83.8 cm³/mol. The van der Waals surface area contributed by atoms with Crippen molar-refractivity contribution in [3.05, 3.63) is 35.9 Å². The van der Waals surface area contributed by atoms with Gasteiger partial charge in [0.05, 0.1) is 6.54 Å². The third-order valence-corrected chi connectivity index (χ3v) is 4.28. The van der Waals surface area contributed by atoms with Gasteiger partial charge in [0.25, 0.3) is 0 Å². The molecule has 0 aromatic heterocycles. The Bertz CT molecular complexity index is 401. The zero-order chi connectivity index (χ0) is 14.2. The Morgan fingerprint density at radius 1 is 1.20 bits per heavy atom. The molecule has 2 heteroatoms. The van der Waals surface area contributed by atoms with Crippen molar-refractivity contribution >= 4 is 5.78 Å². The summed E-state index contributed by atoms with van der Waals surface area (Å²) in [6.45, 7) is 5.10. The average molecular weight is 273 g/mol. The molecule has 1 aliphatic heterocycles. The minimum Gasteiger partial charge on any atom is -0.298 e. The number of likely N-dealkylation sites (tertiary alicyclic amines) is 1. The molecule has 0 aliphatic carbocycles. The minimum absolute atomic E-state index is 0.352. The highest BCUT2D eigenvalue weighted by atomic mass is 16.1. The Labute approximate surface area is 123 Å². The standard InChI is InChI=1S/C18H27NO/c1-2-7-16-10-6-12-19(13-11-16)15-18(20)14-17-8-4-3-5-9-17/h3-5,8-9,16H,2,6-7,10-15H2,1H3. The van der Waals surface area contributed by atoms with E-state index in [9.17, 15) is 4.79 Å². The van der Waals surface area contributed by atoms with Crippen LogP contribution in [0.4, 0.5) is 0 Å². The summed E-state index contributed by atoms with van der Waals surface area (Å²) in [7, 11) is 0. The molecule has 1 aliphatic rings. The van der Waals surface area contributed by atoms with Gasteiger partial charge < -0.3 is 0 Å². The van der Waals surface area contributed by atoms with E-state index in [0.717, 1.165) is 24.6 Å². The van der Waals surface area contributed by atoms with E-state index >= 15 is 0 Å². The van der Waals surface area contributed by atoms with Crippen molar-refractivity contribution in [3.8, 4) is 0 Å². The summed E-state index contributed by atoms with van der Waals surface area (Å²) < 4.78 is 0. The summed E-state index contributed by atoms with van der Waals surface area (Å²) in [4.78, 5) is 14.5. The molecule has 1 unspecified atom stereocenters. The summed E-state index contributed by atoms with van der Waals surface area (Å²) in [5, 5.41) is 0. The average Bonchev–Trinajstić information content (AvgIpc) is 2.66. The third-order valence-electron chi connectivity index (χ3n) is 4.28. The van der Waals surface area contributed by atoms with Crippen LogP contribution in [0.3, 0.4) is 0 Å². The predicted octanol–water partition coefficient (Wildman–Crippen LogP) is 3.70. The van der Waals surface area contributed by atoms with E-state index in [1.807, 2.05) is 30.3 Å². The number of rotatable bonds is 6. The van der Waals surface area contributed by atoms with Crippen molar-refractivity contribution in [3.63, 3.8) is 0 Å². The molecule has 0 saturated carbocycles. The van der Waals surface area contributed by atoms with E-state index in [0.29, 0.717) is 18.7 Å². The van der Waals surface area contributed by atoms with Crippen LogP contribution in [0, 0.1) is 5.92 Å². The summed E-state index contributed by atoms with van der Waals surface area (Å²) in [5.74, 6) is 1.24. The molecule has 1 fully saturated rings. The van der Waals surface area contributed by atoms with Gasteiger partial charge in [-0.15, -0.1) is 0 Å². The lowest BCUT2D eigenvalue weighted by atomic mass is 9.96. The van der Waals surface area contributed by atoms with Crippen molar-refractivity contribution in [1.29, 1.82) is 0 Å². The lowest BCUT2D eigenvalue weighted by Crippen LogP contribution is -2.31. The van der Waals surface area contributed by atoms with E-state index in [1.54, 1.807) is 0 Å². The van der Waals surface area contributed by atoms with Gasteiger partial charge in [0.1, 0.15) is 0 Å². The fraction of sp³-hybridized carbons (Fsp3) is 0.611. The molecular formula is C18H27NO. The highest BCUT2D eigenvalue weighted by Crippen LogP contribution is 2.21. The molecule has 0 N–H and O–H groups in total. The molecule has 2 nitrogen and oxygen atoms in total. The van der Waals surface area contributed by atoms with Gasteiger partial charge in [-0.05, 0) is 43.8 Å². The van der Waals surface area contributed by atoms with Crippen LogP contribution < -0.4 is 0 Å². The summed E-state index contributed by atoms with van der Waals surface area (Å²) in [6.07, 6.45) is 7.09. The van der Waals surface area contributed by atoms with Crippen molar-refractivity contribution in [2.24, 2.45) is 5.92 Å². The van der Waals surface area contributed by atoms with Gasteiger partial charge in [0.15, 0.2) is 5.78 Å². The number of benzene rings is 1. The maximum absolute atomic E-state index is 12.2. The quantitative estimate of drug-likeness (QED) is 0.787. The van der Waals surface area contributed by atoms with E-state index in [1.165, 1.54) is 32.1 Å². The summed E-state index contributed by atoms with van der Waals surface area (Å²) in [6, 6.07) is 10.1. The van der Waals surface area contributed by atoms with Crippen LogP contribution in [0.2, 0.25) is 0 Å². The molecule has 20 heavy (non-hydrogen) atoms. The lowest BCUT2D eigenvalue weighted by molar-refractivity contribution is -0.119. The number of nitrogens with zero attached hydrogens (tertiary/aromatic N) is 1. The molecule has 1 heterocycles. The van der Waals surface area contributed by atoms with E-state index in [-0.39, 0.29) is 0 Å². The van der Waals surface area contributed by atoms with Gasteiger partial charge in [-0.25, -0.2) is 0 Å². The van der Waals surface area contributed by atoms with Crippen molar-refractivity contribution in [2.45, 2.75) is 45.4 Å². The van der Waals surface area contributed by atoms with Crippen molar-refractivity contribution in [2.75, 3.05) is 19.6 Å². The number of ketones is 1. The monoisotopic (exact) mass is 273 g/mol. The van der Waals surface area contributed by atoms with Crippen LogP contribution in [-0.4, -0.2) is 30.3 Å². The Kier molecular flexibility index (Phi) is 6.25. The number of hydrogen-bond donors (Lipinski definition) is 0. The number of carbonyl (C=O) groups excluding carboxylic acids is 1. The zero-order valence-electron chi connectivity index (χ0n) is 12.7. The summed E-state index contributed by atoms with van der Waals surface area (Å²) in [5.41, 5.74) is 1.14. The van der Waals surface area contributed by atoms with Gasteiger partial charge in [0, 0.05) is 6.42 Å². The molecule has 0 amide bonds. The second kappa shape index (κ2) is 8.21. The van der Waals surface area contributed by atoms with E-state index in [2.05, 4.69) is 11.8 Å². The molecule has 1 saturated heterocycles. The molecule has 1 aromatic carbocycles. The first-order valence-corrected chi connectivity index (χ1v) is 8.06. The second-order valence-corrected chi connectivity index (χ2v) is 6.06. The van der Waals surface area contributed by atoms with Crippen LogP contribution in [0.5, 0.6) is 0 Å². The highest BCUT2D eigenvalue weighted by Gasteiger charge is 2.18. The van der Waals surface area contributed by atoms with E-state index in [4.69, 9.17) is 0 Å². The fourth-order valence-corrected chi connectivity index (χ4v) is 3.21. The lowest BCUT2D eigenvalue weighted by Gasteiger charge is -2.19. The highest BCUT2D eigenvalue weighted by molar-refractivity contribution is 5.82. The Hall–Kier alpha value is -1.15. The number of hydrogen-bond acceptors (Lipinski definition) is 2. The van der Waals surface area contributed by atoms with Gasteiger partial charge in [-0.3, -0.25) is 9.69 Å². The summed E-state index contributed by atoms with van der Waals surface area (Å²) >= 11 is 0.